The van der Waals surface area contributed by atoms with Crippen LogP contribution in [0.4, 0.5) is 10.7 Å². The third-order valence-corrected chi connectivity index (χ3v) is 6.61. The summed E-state index contributed by atoms with van der Waals surface area (Å²) in [7, 11) is 0. The number of nitrogens with one attached hydrogen (secondary N) is 2. The van der Waals surface area contributed by atoms with Crippen LogP contribution in [0.3, 0.4) is 0 Å². The maximum Gasteiger partial charge on any atom is 0.290 e. The second kappa shape index (κ2) is 9.29. The van der Waals surface area contributed by atoms with Gasteiger partial charge in [0.2, 0.25) is 5.95 Å². The van der Waals surface area contributed by atoms with Gasteiger partial charge in [0.25, 0.3) is 11.1 Å². The maximum absolute atomic E-state index is 11.8. The van der Waals surface area contributed by atoms with E-state index in [1.807, 2.05) is 13.0 Å². The molecule has 9 heteroatoms. The lowest BCUT2D eigenvalue weighted by molar-refractivity contribution is -0.115. The monoisotopic (exact) mass is 460 g/mol. The number of fused-ring (bicyclic) bond motifs is 1. The summed E-state index contributed by atoms with van der Waals surface area (Å²) in [5.41, 5.74) is 3.91. The van der Waals surface area contributed by atoms with E-state index in [2.05, 4.69) is 54.8 Å². The molecule has 1 aromatic carbocycles. The van der Waals surface area contributed by atoms with Gasteiger partial charge in [0, 0.05) is 43.0 Å². The van der Waals surface area contributed by atoms with Crippen LogP contribution in [0, 0.1) is 6.92 Å². The van der Waals surface area contributed by atoms with E-state index < -0.39 is 0 Å². The fourth-order valence-electron chi connectivity index (χ4n) is 4.27. The summed E-state index contributed by atoms with van der Waals surface area (Å²) in [6.07, 6.45) is 5.44. The number of aryl methyl sites for hydroxylation is 1. The average Bonchev–Trinajstić information content (AvgIpc) is 3.14. The molecule has 2 N–H and O–H groups in total. The number of para-hydroxylation sites is 1. The van der Waals surface area contributed by atoms with Gasteiger partial charge >= 0.3 is 0 Å². The Bertz CT molecular complexity index is 1260. The number of amides is 2. The Morgan fingerprint density at radius 1 is 1.24 bits per heavy atom. The number of benzene rings is 1. The molecule has 0 bridgehead atoms. The molecule has 2 amide bonds. The molecule has 2 aliphatic rings. The van der Waals surface area contributed by atoms with Crippen LogP contribution in [0.2, 0.25) is 0 Å². The third-order valence-electron chi connectivity index (χ3n) is 5.80. The molecule has 0 aliphatic carbocycles. The highest BCUT2D eigenvalue weighted by atomic mass is 32.2. The molecule has 0 unspecified atom stereocenters. The number of rotatable bonds is 5. The zero-order valence-electron chi connectivity index (χ0n) is 18.2. The number of pyridine rings is 1. The van der Waals surface area contributed by atoms with Gasteiger partial charge in [-0.2, -0.15) is 0 Å². The molecule has 33 heavy (non-hydrogen) atoms. The molecule has 0 saturated carbocycles. The van der Waals surface area contributed by atoms with Crippen molar-refractivity contribution < 1.29 is 9.59 Å². The minimum atomic E-state index is -0.383. The number of aromatic nitrogens is 3. The van der Waals surface area contributed by atoms with E-state index in [-0.39, 0.29) is 11.1 Å². The molecule has 4 heterocycles. The summed E-state index contributed by atoms with van der Waals surface area (Å²) in [5.74, 6) is 0.252. The summed E-state index contributed by atoms with van der Waals surface area (Å²) >= 11 is 0.890. The van der Waals surface area contributed by atoms with E-state index in [4.69, 9.17) is 0 Å². The van der Waals surface area contributed by atoms with Crippen molar-refractivity contribution in [3.8, 4) is 0 Å². The Hall–Kier alpha value is -3.30. The molecule has 2 aliphatic heterocycles. The smallest absolute Gasteiger partial charge is 0.290 e. The number of thioether (sulfide) groups is 1. The lowest BCUT2D eigenvalue weighted by atomic mass is 10.0. The second-order valence-corrected chi connectivity index (χ2v) is 9.25. The standard InChI is InChI=1S/C24H24N6O2S/c1-15-11-16(19-6-2-3-7-20(19)27-15)13-26-18-5-4-10-30(14-18)23-25-9-8-17(28-23)12-21-22(31)29-24(32)33-21/h2-3,6-9,11-12,18,26H,4-5,10,13-14H2,1H3,(H,29,31,32)/b21-12-/t18-/m0/s1. The Balaban J connectivity index is 1.28. The van der Waals surface area contributed by atoms with Crippen molar-refractivity contribution in [2.45, 2.75) is 32.4 Å². The Kier molecular flexibility index (Phi) is 6.06. The van der Waals surface area contributed by atoms with Crippen molar-refractivity contribution in [3.05, 3.63) is 64.5 Å². The van der Waals surface area contributed by atoms with Crippen molar-refractivity contribution in [1.82, 2.24) is 25.6 Å². The van der Waals surface area contributed by atoms with E-state index in [0.29, 0.717) is 22.6 Å². The highest BCUT2D eigenvalue weighted by Crippen LogP contribution is 2.26. The van der Waals surface area contributed by atoms with Crippen molar-refractivity contribution >= 4 is 45.8 Å². The van der Waals surface area contributed by atoms with Crippen molar-refractivity contribution in [2.75, 3.05) is 18.0 Å². The molecule has 8 nitrogen and oxygen atoms in total. The number of piperidine rings is 1. The van der Waals surface area contributed by atoms with Crippen LogP contribution in [0.1, 0.15) is 29.8 Å². The van der Waals surface area contributed by atoms with Gasteiger partial charge in [-0.05, 0) is 61.4 Å². The topological polar surface area (TPSA) is 100 Å². The molecular formula is C24H24N6O2S. The van der Waals surface area contributed by atoms with Crippen LogP contribution in [0.25, 0.3) is 17.0 Å². The maximum atomic E-state index is 11.8. The Morgan fingerprint density at radius 2 is 2.12 bits per heavy atom. The van der Waals surface area contributed by atoms with Gasteiger partial charge in [0.1, 0.15) is 0 Å². The minimum Gasteiger partial charge on any atom is -0.339 e. The minimum absolute atomic E-state index is 0.311. The normalized spacial score (nSPS) is 20.0. The van der Waals surface area contributed by atoms with Crippen LogP contribution >= 0.6 is 11.8 Å². The molecule has 5 rings (SSSR count). The summed E-state index contributed by atoms with van der Waals surface area (Å²) in [6, 6.07) is 12.4. The van der Waals surface area contributed by atoms with Gasteiger partial charge in [-0.25, -0.2) is 9.97 Å². The first kappa shape index (κ1) is 21.5. The molecule has 1 atom stereocenters. The van der Waals surface area contributed by atoms with E-state index >= 15 is 0 Å². The average molecular weight is 461 g/mol. The first-order valence-corrected chi connectivity index (χ1v) is 11.8. The zero-order chi connectivity index (χ0) is 22.8. The molecular weight excluding hydrogens is 436 g/mol. The van der Waals surface area contributed by atoms with E-state index in [1.54, 1.807) is 18.3 Å². The van der Waals surface area contributed by atoms with Crippen LogP contribution in [0.5, 0.6) is 0 Å². The van der Waals surface area contributed by atoms with Gasteiger partial charge in [-0.1, -0.05) is 18.2 Å². The van der Waals surface area contributed by atoms with Crippen molar-refractivity contribution in [3.63, 3.8) is 0 Å². The Labute approximate surface area is 195 Å². The molecule has 2 saturated heterocycles. The van der Waals surface area contributed by atoms with Crippen molar-refractivity contribution in [1.29, 1.82) is 0 Å². The lowest BCUT2D eigenvalue weighted by Crippen LogP contribution is -2.46. The first-order chi connectivity index (χ1) is 16.0. The number of carbonyl (C=O) groups is 2. The summed E-state index contributed by atoms with van der Waals surface area (Å²) in [5, 5.41) is 6.80. The largest absolute Gasteiger partial charge is 0.339 e. The highest BCUT2D eigenvalue weighted by molar-refractivity contribution is 8.18. The number of hydrogen-bond acceptors (Lipinski definition) is 8. The number of carbonyl (C=O) groups excluding carboxylic acids is 2. The highest BCUT2D eigenvalue weighted by Gasteiger charge is 2.26. The molecule has 0 spiro atoms. The van der Waals surface area contributed by atoms with Gasteiger partial charge in [-0.15, -0.1) is 0 Å². The second-order valence-electron chi connectivity index (χ2n) is 8.24. The van der Waals surface area contributed by atoms with Crippen LogP contribution < -0.4 is 15.5 Å². The van der Waals surface area contributed by atoms with E-state index in [9.17, 15) is 9.59 Å². The van der Waals surface area contributed by atoms with Crippen LogP contribution in [0.15, 0.2) is 47.5 Å². The number of nitrogens with zero attached hydrogens (tertiary/aromatic N) is 4. The van der Waals surface area contributed by atoms with Gasteiger partial charge < -0.3 is 10.2 Å². The molecule has 0 radical (unpaired) electrons. The third kappa shape index (κ3) is 4.89. The summed E-state index contributed by atoms with van der Waals surface area (Å²) < 4.78 is 0. The fourth-order valence-corrected chi connectivity index (χ4v) is 4.94. The SMILES string of the molecule is Cc1cc(CN[C@H]2CCCN(c3nccc(/C=C4\SC(=O)NC4=O)n3)C2)c2ccccc2n1. The number of anilines is 1. The fraction of sp³-hybridized carbons (Fsp3) is 0.292. The lowest BCUT2D eigenvalue weighted by Gasteiger charge is -2.33. The number of hydrogen-bond donors (Lipinski definition) is 2. The molecule has 3 aromatic rings. The van der Waals surface area contributed by atoms with Crippen LogP contribution in [-0.2, 0) is 11.3 Å². The summed E-state index contributed by atoms with van der Waals surface area (Å²) in [6.45, 7) is 4.48. The Morgan fingerprint density at radius 3 is 2.97 bits per heavy atom. The first-order valence-electron chi connectivity index (χ1n) is 11.0. The molecule has 2 aromatic heterocycles. The predicted molar refractivity (Wildman–Crippen MR) is 130 cm³/mol. The summed E-state index contributed by atoms with van der Waals surface area (Å²) in [4.78, 5) is 39.5. The van der Waals surface area contributed by atoms with Gasteiger partial charge in [0.05, 0.1) is 16.1 Å². The van der Waals surface area contributed by atoms with E-state index in [0.717, 1.165) is 55.4 Å². The van der Waals surface area contributed by atoms with E-state index in [1.165, 1.54) is 10.9 Å². The predicted octanol–water partition coefficient (Wildman–Crippen LogP) is 3.42. The zero-order valence-corrected chi connectivity index (χ0v) is 19.1. The molecule has 168 valence electrons. The van der Waals surface area contributed by atoms with Crippen LogP contribution in [-0.4, -0.2) is 45.2 Å². The van der Waals surface area contributed by atoms with Gasteiger partial charge in [-0.3, -0.25) is 19.9 Å². The number of imide groups is 1. The quantitative estimate of drug-likeness (QED) is 0.559. The van der Waals surface area contributed by atoms with Gasteiger partial charge in [0.15, 0.2) is 0 Å². The molecule has 2 fully saturated rings. The van der Waals surface area contributed by atoms with Crippen molar-refractivity contribution in [2.24, 2.45) is 0 Å².